The Morgan fingerprint density at radius 3 is 2.59 bits per heavy atom. The van der Waals surface area contributed by atoms with E-state index in [2.05, 4.69) is 19.6 Å². The highest BCUT2D eigenvalue weighted by atomic mass is 19.4. The number of imidazole rings is 1. The van der Waals surface area contributed by atoms with Gasteiger partial charge in [0, 0.05) is 18.7 Å². The van der Waals surface area contributed by atoms with Gasteiger partial charge in [-0.1, -0.05) is 0 Å². The summed E-state index contributed by atoms with van der Waals surface area (Å²) in [6, 6.07) is 10.9. The number of fused-ring (bicyclic) bond motifs is 1. The number of nitrogens with zero attached hydrogens (tertiary/aromatic N) is 2. The summed E-state index contributed by atoms with van der Waals surface area (Å²) in [5.41, 5.74) is 8.16. The molecule has 1 atom stereocenters. The summed E-state index contributed by atoms with van der Waals surface area (Å²) in [7, 11) is 0. The van der Waals surface area contributed by atoms with Crippen LogP contribution in [0.5, 0.6) is 11.5 Å². The van der Waals surface area contributed by atoms with E-state index in [-0.39, 0.29) is 11.9 Å². The number of anilines is 2. The standard InChI is InChI=1S/C18H17F3N4O2/c19-18(20,21)27-13-4-2-12(3-5-13)26-14-7-8-25(10-14)17-23-15-6-1-11(22)9-16(15)24-17/h1-6,9,14H,7-8,10,22H2,(H,23,24). The van der Waals surface area contributed by atoms with Crippen molar-refractivity contribution in [3.05, 3.63) is 42.5 Å². The van der Waals surface area contributed by atoms with Gasteiger partial charge >= 0.3 is 6.36 Å². The Morgan fingerprint density at radius 2 is 1.85 bits per heavy atom. The van der Waals surface area contributed by atoms with Crippen LogP contribution in [0.25, 0.3) is 11.0 Å². The minimum atomic E-state index is -4.70. The molecule has 2 aromatic carbocycles. The van der Waals surface area contributed by atoms with Gasteiger partial charge in [-0.05, 0) is 42.5 Å². The topological polar surface area (TPSA) is 76.4 Å². The number of alkyl halides is 3. The van der Waals surface area contributed by atoms with Gasteiger partial charge in [0.15, 0.2) is 0 Å². The molecule has 1 aliphatic heterocycles. The lowest BCUT2D eigenvalue weighted by atomic mass is 10.3. The molecule has 3 aromatic rings. The van der Waals surface area contributed by atoms with Crippen molar-refractivity contribution >= 4 is 22.7 Å². The molecule has 1 unspecified atom stereocenters. The van der Waals surface area contributed by atoms with E-state index in [9.17, 15) is 13.2 Å². The maximum absolute atomic E-state index is 12.2. The molecule has 1 saturated heterocycles. The Bertz CT molecular complexity index is 940. The van der Waals surface area contributed by atoms with Crippen molar-refractivity contribution in [2.45, 2.75) is 18.9 Å². The molecule has 1 aliphatic rings. The van der Waals surface area contributed by atoms with Crippen LogP contribution in [0.4, 0.5) is 24.8 Å². The average Bonchev–Trinajstić information content (AvgIpc) is 3.21. The van der Waals surface area contributed by atoms with Gasteiger partial charge in [0.25, 0.3) is 0 Å². The highest BCUT2D eigenvalue weighted by molar-refractivity contribution is 5.80. The Hall–Kier alpha value is -3.10. The summed E-state index contributed by atoms with van der Waals surface area (Å²) in [5.74, 6) is 0.967. The lowest BCUT2D eigenvalue weighted by Gasteiger charge is -2.16. The van der Waals surface area contributed by atoms with Crippen molar-refractivity contribution in [2.24, 2.45) is 0 Å². The SMILES string of the molecule is Nc1ccc2nc(N3CCC(Oc4ccc(OC(F)(F)F)cc4)C3)[nH]c2c1. The second-order valence-corrected chi connectivity index (χ2v) is 6.33. The van der Waals surface area contributed by atoms with Crippen LogP contribution >= 0.6 is 0 Å². The first-order valence-corrected chi connectivity index (χ1v) is 8.38. The highest BCUT2D eigenvalue weighted by Gasteiger charge is 2.31. The van der Waals surface area contributed by atoms with Crippen LogP contribution in [0.3, 0.4) is 0 Å². The molecule has 0 bridgehead atoms. The first-order chi connectivity index (χ1) is 12.9. The Kier molecular flexibility index (Phi) is 4.21. The highest BCUT2D eigenvalue weighted by Crippen LogP contribution is 2.27. The normalized spacial score (nSPS) is 17.4. The van der Waals surface area contributed by atoms with E-state index < -0.39 is 6.36 Å². The number of H-pyrrole nitrogens is 1. The molecule has 2 heterocycles. The van der Waals surface area contributed by atoms with Gasteiger partial charge in [0.2, 0.25) is 5.95 Å². The molecule has 0 radical (unpaired) electrons. The van der Waals surface area contributed by atoms with E-state index in [1.54, 1.807) is 6.07 Å². The molecule has 0 spiro atoms. The lowest BCUT2D eigenvalue weighted by Crippen LogP contribution is -2.25. The van der Waals surface area contributed by atoms with E-state index in [1.807, 2.05) is 12.1 Å². The number of nitrogens with two attached hydrogens (primary N) is 1. The smallest absolute Gasteiger partial charge is 0.489 e. The number of benzene rings is 2. The average molecular weight is 378 g/mol. The molecular formula is C18H17F3N4O2. The van der Waals surface area contributed by atoms with Crippen LogP contribution in [0.15, 0.2) is 42.5 Å². The summed E-state index contributed by atoms with van der Waals surface area (Å²) in [4.78, 5) is 9.88. The van der Waals surface area contributed by atoms with Crippen LogP contribution in [0.2, 0.25) is 0 Å². The van der Waals surface area contributed by atoms with E-state index in [0.29, 0.717) is 18.0 Å². The molecule has 9 heteroatoms. The molecule has 0 amide bonds. The van der Waals surface area contributed by atoms with Crippen molar-refractivity contribution in [1.82, 2.24) is 9.97 Å². The largest absolute Gasteiger partial charge is 0.573 e. The number of nitrogens with one attached hydrogen (secondary N) is 1. The van der Waals surface area contributed by atoms with Gasteiger partial charge in [-0.15, -0.1) is 13.2 Å². The summed E-state index contributed by atoms with van der Waals surface area (Å²) in [6.07, 6.45) is -4.01. The zero-order chi connectivity index (χ0) is 19.0. The fraction of sp³-hybridized carbons (Fsp3) is 0.278. The van der Waals surface area contributed by atoms with E-state index >= 15 is 0 Å². The third-order valence-corrected chi connectivity index (χ3v) is 4.30. The lowest BCUT2D eigenvalue weighted by molar-refractivity contribution is -0.274. The molecule has 0 aliphatic carbocycles. The van der Waals surface area contributed by atoms with E-state index in [1.165, 1.54) is 24.3 Å². The van der Waals surface area contributed by atoms with Crippen LogP contribution in [0, 0.1) is 0 Å². The molecule has 1 fully saturated rings. The van der Waals surface area contributed by atoms with Gasteiger partial charge in [-0.25, -0.2) is 4.98 Å². The number of aromatic amines is 1. The minimum absolute atomic E-state index is 0.0855. The second-order valence-electron chi connectivity index (χ2n) is 6.33. The third-order valence-electron chi connectivity index (χ3n) is 4.30. The van der Waals surface area contributed by atoms with Gasteiger partial charge in [0.1, 0.15) is 17.6 Å². The first-order valence-electron chi connectivity index (χ1n) is 8.38. The van der Waals surface area contributed by atoms with Crippen LogP contribution in [-0.2, 0) is 0 Å². The summed E-state index contributed by atoms with van der Waals surface area (Å²) < 4.78 is 46.3. The predicted octanol–water partition coefficient (Wildman–Crippen LogP) is 3.70. The van der Waals surface area contributed by atoms with Crippen molar-refractivity contribution in [1.29, 1.82) is 0 Å². The predicted molar refractivity (Wildman–Crippen MR) is 94.9 cm³/mol. The molecule has 6 nitrogen and oxygen atoms in total. The molecule has 4 rings (SSSR count). The zero-order valence-electron chi connectivity index (χ0n) is 14.2. The van der Waals surface area contributed by atoms with Crippen LogP contribution in [0.1, 0.15) is 6.42 Å². The summed E-state index contributed by atoms with van der Waals surface area (Å²) in [6.45, 7) is 1.38. The number of ether oxygens (including phenoxy) is 2. The third kappa shape index (κ3) is 4.02. The fourth-order valence-electron chi connectivity index (χ4n) is 3.09. The molecule has 1 aromatic heterocycles. The Balaban J connectivity index is 1.39. The number of hydrogen-bond donors (Lipinski definition) is 2. The van der Waals surface area contributed by atoms with E-state index in [4.69, 9.17) is 10.5 Å². The second kappa shape index (κ2) is 6.57. The summed E-state index contributed by atoms with van der Waals surface area (Å²) >= 11 is 0. The van der Waals surface area contributed by atoms with Gasteiger partial charge < -0.3 is 25.1 Å². The summed E-state index contributed by atoms with van der Waals surface area (Å²) in [5, 5.41) is 0. The van der Waals surface area contributed by atoms with Gasteiger partial charge in [-0.3, -0.25) is 0 Å². The maximum Gasteiger partial charge on any atom is 0.573 e. The number of aromatic nitrogens is 2. The zero-order valence-corrected chi connectivity index (χ0v) is 14.2. The van der Waals surface area contributed by atoms with Gasteiger partial charge in [-0.2, -0.15) is 0 Å². The quantitative estimate of drug-likeness (QED) is 0.677. The van der Waals surface area contributed by atoms with Crippen molar-refractivity contribution < 1.29 is 22.6 Å². The fourth-order valence-corrected chi connectivity index (χ4v) is 3.09. The van der Waals surface area contributed by atoms with E-state index in [0.717, 1.165) is 29.9 Å². The number of halogens is 3. The Labute approximate surface area is 152 Å². The van der Waals surface area contributed by atoms with Crippen LogP contribution < -0.4 is 20.1 Å². The first kappa shape index (κ1) is 17.3. The van der Waals surface area contributed by atoms with Crippen molar-refractivity contribution in [3.63, 3.8) is 0 Å². The monoisotopic (exact) mass is 378 g/mol. The molecule has 0 saturated carbocycles. The Morgan fingerprint density at radius 1 is 1.11 bits per heavy atom. The maximum atomic E-state index is 12.2. The number of rotatable bonds is 4. The molecule has 27 heavy (non-hydrogen) atoms. The molecule has 3 N–H and O–H groups in total. The molecular weight excluding hydrogens is 361 g/mol. The van der Waals surface area contributed by atoms with Crippen molar-refractivity contribution in [2.75, 3.05) is 23.7 Å². The number of nitrogen functional groups attached to an aromatic ring is 1. The number of hydrogen-bond acceptors (Lipinski definition) is 5. The van der Waals surface area contributed by atoms with Crippen LogP contribution in [-0.4, -0.2) is 35.5 Å². The minimum Gasteiger partial charge on any atom is -0.489 e. The molecule has 142 valence electrons. The van der Waals surface area contributed by atoms with Gasteiger partial charge in [0.05, 0.1) is 17.6 Å². The van der Waals surface area contributed by atoms with Crippen molar-refractivity contribution in [3.8, 4) is 11.5 Å².